The van der Waals surface area contributed by atoms with E-state index in [1.165, 1.54) is 58.4 Å². The molecule has 1 aliphatic carbocycles. The first-order valence-electron chi connectivity index (χ1n) is 9.26. The molecule has 2 aromatic rings. The Bertz CT molecular complexity index is 739. The van der Waals surface area contributed by atoms with Crippen molar-refractivity contribution in [2.24, 2.45) is 0 Å². The Balaban J connectivity index is 1.79. The summed E-state index contributed by atoms with van der Waals surface area (Å²) in [5.41, 5.74) is 3.30. The second-order valence-corrected chi connectivity index (χ2v) is 9.73. The van der Waals surface area contributed by atoms with Crippen LogP contribution in [0.15, 0.2) is 6.07 Å². The smallest absolute Gasteiger partial charge is 0.398 e. The summed E-state index contributed by atoms with van der Waals surface area (Å²) >= 11 is 1.91. The van der Waals surface area contributed by atoms with Crippen LogP contribution in [0, 0.1) is 6.92 Å². The molecule has 0 aromatic carbocycles. The normalized spacial score (nSPS) is 24.1. The van der Waals surface area contributed by atoms with Gasteiger partial charge in [-0.05, 0) is 65.0 Å². The highest BCUT2D eigenvalue weighted by Gasteiger charge is 2.53. The molecule has 1 N–H and O–H groups in total. The number of aromatic amines is 1. The maximum Gasteiger partial charge on any atom is 0.512 e. The molecule has 5 heteroatoms. The van der Waals surface area contributed by atoms with Crippen LogP contribution in [0.5, 0.6) is 0 Å². The fourth-order valence-corrected chi connectivity index (χ4v) is 5.19. The van der Waals surface area contributed by atoms with Crippen LogP contribution in [0.3, 0.4) is 0 Å². The van der Waals surface area contributed by atoms with Crippen molar-refractivity contribution in [2.45, 2.75) is 83.8 Å². The molecular formula is C19H28BNO2S. The lowest BCUT2D eigenvalue weighted by Crippen LogP contribution is -2.41. The van der Waals surface area contributed by atoms with Gasteiger partial charge in [-0.15, -0.1) is 11.3 Å². The summed E-state index contributed by atoms with van der Waals surface area (Å²) in [7, 11) is -0.285. The fraction of sp³-hybridized carbons (Fsp3) is 0.684. The quantitative estimate of drug-likeness (QED) is 0.787. The molecular weight excluding hydrogens is 317 g/mol. The minimum absolute atomic E-state index is 0.285. The Hall–Kier alpha value is -0.775. The summed E-state index contributed by atoms with van der Waals surface area (Å²) < 4.78 is 14.1. The van der Waals surface area contributed by atoms with Crippen molar-refractivity contribution in [3.63, 3.8) is 0 Å². The predicted molar refractivity (Wildman–Crippen MR) is 102 cm³/mol. The number of rotatable bonds is 2. The molecule has 2 fully saturated rings. The van der Waals surface area contributed by atoms with Crippen molar-refractivity contribution in [1.82, 2.24) is 4.98 Å². The van der Waals surface area contributed by atoms with Gasteiger partial charge in [0, 0.05) is 4.88 Å². The first-order chi connectivity index (χ1) is 11.3. The van der Waals surface area contributed by atoms with Crippen molar-refractivity contribution in [3.8, 4) is 0 Å². The molecule has 0 spiro atoms. The predicted octanol–water partition coefficient (Wildman–Crippen LogP) is 4.88. The van der Waals surface area contributed by atoms with Crippen molar-refractivity contribution in [2.75, 3.05) is 0 Å². The Morgan fingerprint density at radius 2 is 1.71 bits per heavy atom. The largest absolute Gasteiger partial charge is 0.512 e. The van der Waals surface area contributed by atoms with Crippen LogP contribution in [0.25, 0.3) is 10.2 Å². The third kappa shape index (κ3) is 2.56. The molecule has 0 bridgehead atoms. The van der Waals surface area contributed by atoms with E-state index in [0.717, 1.165) is 0 Å². The zero-order chi connectivity index (χ0) is 17.1. The van der Waals surface area contributed by atoms with E-state index in [4.69, 9.17) is 9.31 Å². The highest BCUT2D eigenvalue weighted by atomic mass is 32.1. The van der Waals surface area contributed by atoms with Crippen LogP contribution in [0.2, 0.25) is 0 Å². The van der Waals surface area contributed by atoms with E-state index in [1.807, 2.05) is 11.3 Å². The molecule has 0 unspecified atom stereocenters. The number of H-pyrrole nitrogens is 1. The van der Waals surface area contributed by atoms with Crippen molar-refractivity contribution in [3.05, 3.63) is 16.5 Å². The highest BCUT2D eigenvalue weighted by molar-refractivity contribution is 7.19. The first kappa shape index (κ1) is 16.7. The number of aromatic nitrogens is 1. The van der Waals surface area contributed by atoms with Gasteiger partial charge in [-0.25, -0.2) is 0 Å². The van der Waals surface area contributed by atoms with Crippen LogP contribution in [0.4, 0.5) is 0 Å². The molecule has 0 amide bonds. The summed E-state index contributed by atoms with van der Waals surface area (Å²) in [6.07, 6.45) is 6.63. The SMILES string of the molecule is Cc1cc2[nH]c(B3OC(C)(C)C(C)(C)O3)c(C3CCCCC3)c2s1. The van der Waals surface area contributed by atoms with E-state index in [0.29, 0.717) is 5.92 Å². The fourth-order valence-electron chi connectivity index (χ4n) is 4.09. The van der Waals surface area contributed by atoms with Gasteiger partial charge in [-0.3, -0.25) is 0 Å². The Morgan fingerprint density at radius 3 is 2.33 bits per heavy atom. The molecule has 1 saturated carbocycles. The Morgan fingerprint density at radius 1 is 1.08 bits per heavy atom. The van der Waals surface area contributed by atoms with E-state index in [2.05, 4.69) is 45.7 Å². The van der Waals surface area contributed by atoms with Gasteiger partial charge in [0.1, 0.15) is 0 Å². The molecule has 0 radical (unpaired) electrons. The molecule has 0 atom stereocenters. The van der Waals surface area contributed by atoms with Crippen LogP contribution < -0.4 is 5.59 Å². The van der Waals surface area contributed by atoms with Crippen LogP contribution in [-0.4, -0.2) is 23.3 Å². The zero-order valence-corrected chi connectivity index (χ0v) is 16.3. The summed E-state index contributed by atoms with van der Waals surface area (Å²) in [5, 5.41) is 0. The van der Waals surface area contributed by atoms with Crippen LogP contribution in [0.1, 0.15) is 76.2 Å². The van der Waals surface area contributed by atoms with Gasteiger partial charge in [0.25, 0.3) is 0 Å². The zero-order valence-electron chi connectivity index (χ0n) is 15.5. The molecule has 24 heavy (non-hydrogen) atoms. The molecule has 4 rings (SSSR count). The summed E-state index contributed by atoms with van der Waals surface area (Å²) in [4.78, 5) is 5.03. The monoisotopic (exact) mass is 345 g/mol. The van der Waals surface area contributed by atoms with Gasteiger partial charge in [0.2, 0.25) is 0 Å². The summed E-state index contributed by atoms with van der Waals surface area (Å²) in [6, 6.07) is 2.26. The second-order valence-electron chi connectivity index (χ2n) is 8.48. The average molecular weight is 345 g/mol. The number of hydrogen-bond donors (Lipinski definition) is 1. The van der Waals surface area contributed by atoms with Gasteiger partial charge in [-0.1, -0.05) is 19.3 Å². The second kappa shape index (κ2) is 5.62. The van der Waals surface area contributed by atoms with Crippen LogP contribution in [-0.2, 0) is 9.31 Å². The van der Waals surface area contributed by atoms with Gasteiger partial charge < -0.3 is 14.3 Å². The molecule has 1 aliphatic heterocycles. The molecule has 2 aromatic heterocycles. The van der Waals surface area contributed by atoms with Crippen molar-refractivity contribution >= 4 is 34.3 Å². The Labute approximate surface area is 149 Å². The summed E-state index contributed by atoms with van der Waals surface area (Å²) in [5.74, 6) is 0.638. The van der Waals surface area contributed by atoms with E-state index in [-0.39, 0.29) is 18.3 Å². The lowest BCUT2D eigenvalue weighted by Gasteiger charge is -2.32. The number of aryl methyl sites for hydroxylation is 1. The molecule has 2 aliphatic rings. The first-order valence-corrected chi connectivity index (χ1v) is 10.1. The Kier molecular flexibility index (Phi) is 3.90. The minimum Gasteiger partial charge on any atom is -0.398 e. The lowest BCUT2D eigenvalue weighted by molar-refractivity contribution is 0.00578. The maximum atomic E-state index is 6.36. The van der Waals surface area contributed by atoms with Crippen molar-refractivity contribution < 1.29 is 9.31 Å². The molecule has 3 nitrogen and oxygen atoms in total. The highest BCUT2D eigenvalue weighted by Crippen LogP contribution is 2.41. The topological polar surface area (TPSA) is 34.2 Å². The minimum atomic E-state index is -0.296. The number of fused-ring (bicyclic) bond motifs is 1. The van der Waals surface area contributed by atoms with E-state index >= 15 is 0 Å². The van der Waals surface area contributed by atoms with Gasteiger partial charge in [0.15, 0.2) is 0 Å². The van der Waals surface area contributed by atoms with Gasteiger partial charge in [0.05, 0.1) is 27.0 Å². The van der Waals surface area contributed by atoms with Gasteiger partial charge in [-0.2, -0.15) is 0 Å². The number of hydrogen-bond acceptors (Lipinski definition) is 3. The molecule has 1 saturated heterocycles. The van der Waals surface area contributed by atoms with Crippen molar-refractivity contribution in [1.29, 1.82) is 0 Å². The van der Waals surface area contributed by atoms with E-state index in [1.54, 1.807) is 0 Å². The standard InChI is InChI=1S/C19H28BNO2S/c1-12-11-14-16(24-12)15(13-9-7-6-8-10-13)17(21-14)20-22-18(2,3)19(4,5)23-20/h11,13,21H,6-10H2,1-5H3. The van der Waals surface area contributed by atoms with E-state index in [9.17, 15) is 0 Å². The summed E-state index contributed by atoms with van der Waals surface area (Å²) in [6.45, 7) is 10.7. The van der Waals surface area contributed by atoms with Gasteiger partial charge >= 0.3 is 7.12 Å². The average Bonchev–Trinajstić information content (AvgIpc) is 3.08. The van der Waals surface area contributed by atoms with Crippen LogP contribution >= 0.6 is 11.3 Å². The molecule has 130 valence electrons. The van der Waals surface area contributed by atoms with E-state index < -0.39 is 0 Å². The lowest BCUT2D eigenvalue weighted by atomic mass is 9.75. The third-order valence-corrected chi connectivity index (χ3v) is 7.25. The number of thiophene rings is 1. The number of nitrogens with one attached hydrogen (secondary N) is 1. The molecule has 3 heterocycles. The maximum absolute atomic E-state index is 6.36. The third-order valence-electron chi connectivity index (χ3n) is 6.16.